The summed E-state index contributed by atoms with van der Waals surface area (Å²) in [6.07, 6.45) is 8.65. The van der Waals surface area contributed by atoms with E-state index in [1.807, 2.05) is 24.3 Å². The van der Waals surface area contributed by atoms with Gasteiger partial charge in [-0.2, -0.15) is 5.26 Å². The van der Waals surface area contributed by atoms with Crippen molar-refractivity contribution in [2.24, 2.45) is 0 Å². The van der Waals surface area contributed by atoms with Gasteiger partial charge in [0.15, 0.2) is 0 Å². The highest BCUT2D eigenvalue weighted by Gasteiger charge is 2.11. The fraction of sp³-hybridized carbons (Fsp3) is 0.250. The Bertz CT molecular complexity index is 579. The van der Waals surface area contributed by atoms with Crippen LogP contribution in [0, 0.1) is 11.3 Å². The number of aliphatic hydroxyl groups excluding tert-OH is 1. The van der Waals surface area contributed by atoms with Gasteiger partial charge in [-0.3, -0.25) is 0 Å². The average molecular weight is 268 g/mol. The molecule has 1 atom stereocenters. The highest BCUT2D eigenvalue weighted by molar-refractivity contribution is 5.33. The molecule has 2 rings (SSSR count). The molecule has 0 bridgehead atoms. The van der Waals surface area contributed by atoms with Gasteiger partial charge < -0.3 is 9.84 Å². The van der Waals surface area contributed by atoms with Gasteiger partial charge in [0, 0.05) is 12.3 Å². The summed E-state index contributed by atoms with van der Waals surface area (Å²) in [5, 5.41) is 18.4. The van der Waals surface area contributed by atoms with E-state index in [1.165, 1.54) is 6.20 Å². The van der Waals surface area contributed by atoms with Crippen molar-refractivity contribution in [1.29, 1.82) is 5.26 Å². The molecule has 1 aromatic rings. The molecule has 0 unspecified atom stereocenters. The van der Waals surface area contributed by atoms with Gasteiger partial charge in [0.1, 0.15) is 11.8 Å². The van der Waals surface area contributed by atoms with Crippen molar-refractivity contribution >= 4 is 0 Å². The molecule has 20 heavy (non-hydrogen) atoms. The molecule has 0 aromatic carbocycles. The molecule has 0 radical (unpaired) electrons. The van der Waals surface area contributed by atoms with Crippen LogP contribution in [0.15, 0.2) is 54.5 Å². The Morgan fingerprint density at radius 1 is 1.45 bits per heavy atom. The third-order valence-corrected chi connectivity index (χ3v) is 3.00. The highest BCUT2D eigenvalue weighted by Crippen LogP contribution is 2.21. The lowest BCUT2D eigenvalue weighted by Crippen LogP contribution is -2.06. The zero-order valence-corrected chi connectivity index (χ0v) is 11.1. The summed E-state index contributed by atoms with van der Waals surface area (Å²) in [7, 11) is 0. The van der Waals surface area contributed by atoms with Crippen LogP contribution in [0.25, 0.3) is 0 Å². The molecule has 1 heterocycles. The van der Waals surface area contributed by atoms with Crippen molar-refractivity contribution in [3.05, 3.63) is 60.0 Å². The summed E-state index contributed by atoms with van der Waals surface area (Å²) in [4.78, 5) is 4.07. The molecule has 0 aliphatic heterocycles. The van der Waals surface area contributed by atoms with Gasteiger partial charge in [-0.25, -0.2) is 4.98 Å². The Balaban J connectivity index is 2.13. The molecule has 0 fully saturated rings. The van der Waals surface area contributed by atoms with Crippen LogP contribution in [0.1, 0.15) is 24.8 Å². The van der Waals surface area contributed by atoms with E-state index < -0.39 is 0 Å². The number of allylic oxidation sites excluding steroid dienone is 3. The molecule has 102 valence electrons. The first-order valence-corrected chi connectivity index (χ1v) is 6.46. The van der Waals surface area contributed by atoms with Crippen LogP contribution < -0.4 is 4.74 Å². The van der Waals surface area contributed by atoms with Crippen LogP contribution in [-0.4, -0.2) is 16.2 Å². The number of nitrogens with zero attached hydrogens (tertiary/aromatic N) is 2. The van der Waals surface area contributed by atoms with Crippen molar-refractivity contribution in [2.75, 3.05) is 0 Å². The fourth-order valence-corrected chi connectivity index (χ4v) is 1.82. The van der Waals surface area contributed by atoms with Gasteiger partial charge in [0.2, 0.25) is 5.88 Å². The second-order valence-corrected chi connectivity index (χ2v) is 4.59. The van der Waals surface area contributed by atoms with Gasteiger partial charge in [-0.05, 0) is 37.0 Å². The van der Waals surface area contributed by atoms with Gasteiger partial charge >= 0.3 is 0 Å². The third-order valence-electron chi connectivity index (χ3n) is 3.00. The summed E-state index contributed by atoms with van der Waals surface area (Å²) >= 11 is 0. The molecule has 4 heteroatoms. The molecule has 0 saturated carbocycles. The molecule has 1 aliphatic carbocycles. The number of nitriles is 1. The van der Waals surface area contributed by atoms with Gasteiger partial charge in [0.05, 0.1) is 11.7 Å². The minimum Gasteiger partial charge on any atom is -0.439 e. The molecule has 1 N–H and O–H groups in total. The summed E-state index contributed by atoms with van der Waals surface area (Å²) in [5.41, 5.74) is 1.31. The SMILES string of the molecule is C=C1CC[C@H](O)C/C=C\C=C1Oc1ccc(C#N)cn1. The lowest BCUT2D eigenvalue weighted by molar-refractivity contribution is 0.168. The number of hydrogen-bond donors (Lipinski definition) is 1. The fourth-order valence-electron chi connectivity index (χ4n) is 1.82. The van der Waals surface area contributed by atoms with E-state index in [1.54, 1.807) is 12.1 Å². The lowest BCUT2D eigenvalue weighted by atomic mass is 10.1. The topological polar surface area (TPSA) is 66.1 Å². The zero-order valence-electron chi connectivity index (χ0n) is 11.1. The largest absolute Gasteiger partial charge is 0.439 e. The smallest absolute Gasteiger partial charge is 0.219 e. The maximum Gasteiger partial charge on any atom is 0.219 e. The van der Waals surface area contributed by atoms with Crippen molar-refractivity contribution in [1.82, 2.24) is 4.98 Å². The second kappa shape index (κ2) is 6.69. The van der Waals surface area contributed by atoms with Crippen LogP contribution in [0.2, 0.25) is 0 Å². The summed E-state index contributed by atoms with van der Waals surface area (Å²) in [6.45, 7) is 3.98. The van der Waals surface area contributed by atoms with Crippen LogP contribution in [0.3, 0.4) is 0 Å². The van der Waals surface area contributed by atoms with E-state index in [-0.39, 0.29) is 6.10 Å². The third kappa shape index (κ3) is 3.81. The molecule has 0 spiro atoms. The monoisotopic (exact) mass is 268 g/mol. The maximum absolute atomic E-state index is 9.69. The minimum absolute atomic E-state index is 0.344. The number of hydrogen-bond acceptors (Lipinski definition) is 4. The van der Waals surface area contributed by atoms with Gasteiger partial charge in [0.25, 0.3) is 0 Å². The van der Waals surface area contributed by atoms with Crippen LogP contribution >= 0.6 is 0 Å². The first-order chi connectivity index (χ1) is 9.69. The van der Waals surface area contributed by atoms with Crippen molar-refractivity contribution in [3.63, 3.8) is 0 Å². The van der Waals surface area contributed by atoms with Crippen molar-refractivity contribution in [3.8, 4) is 11.9 Å². The van der Waals surface area contributed by atoms with E-state index in [0.29, 0.717) is 36.5 Å². The van der Waals surface area contributed by atoms with Crippen molar-refractivity contribution < 1.29 is 9.84 Å². The van der Waals surface area contributed by atoms with E-state index in [9.17, 15) is 5.11 Å². The second-order valence-electron chi connectivity index (χ2n) is 4.59. The Morgan fingerprint density at radius 3 is 3.00 bits per heavy atom. The van der Waals surface area contributed by atoms with E-state index in [4.69, 9.17) is 10.00 Å². The van der Waals surface area contributed by atoms with Gasteiger partial charge in [-0.1, -0.05) is 18.7 Å². The van der Waals surface area contributed by atoms with Crippen molar-refractivity contribution in [2.45, 2.75) is 25.4 Å². The quantitative estimate of drug-likeness (QED) is 0.895. The summed E-state index contributed by atoms with van der Waals surface area (Å²) in [6, 6.07) is 5.31. The first-order valence-electron chi connectivity index (χ1n) is 6.46. The van der Waals surface area contributed by atoms with E-state index in [2.05, 4.69) is 11.6 Å². The van der Waals surface area contributed by atoms with E-state index >= 15 is 0 Å². The summed E-state index contributed by atoms with van der Waals surface area (Å²) < 4.78 is 5.70. The molecule has 4 nitrogen and oxygen atoms in total. The normalized spacial score (nSPS) is 20.9. The zero-order chi connectivity index (χ0) is 14.4. The number of rotatable bonds is 2. The Morgan fingerprint density at radius 2 is 2.30 bits per heavy atom. The van der Waals surface area contributed by atoms with Gasteiger partial charge in [-0.15, -0.1) is 0 Å². The number of aliphatic hydroxyl groups is 1. The minimum atomic E-state index is -0.344. The first kappa shape index (κ1) is 14.0. The standard InChI is InChI=1S/C16H16N2O2/c1-12-6-8-14(19)4-2-3-5-15(12)20-16-9-7-13(10-17)11-18-16/h2-3,5,7,9,11,14,19H,1,4,6,8H2/b3-2-,15-5?/t14-/m1/s1. The average Bonchev–Trinajstić information content (AvgIpc) is 2.54. The molecule has 1 aliphatic rings. The number of ether oxygens (including phenoxy) is 1. The molecule has 0 saturated heterocycles. The molecule has 1 aromatic heterocycles. The van der Waals surface area contributed by atoms with Crippen LogP contribution in [-0.2, 0) is 0 Å². The molecular weight excluding hydrogens is 252 g/mol. The highest BCUT2D eigenvalue weighted by atomic mass is 16.5. The lowest BCUT2D eigenvalue weighted by Gasteiger charge is -2.12. The molecule has 0 amide bonds. The predicted molar refractivity (Wildman–Crippen MR) is 75.8 cm³/mol. The Hall–Kier alpha value is -2.38. The molecular formula is C16H16N2O2. The number of aromatic nitrogens is 1. The Kier molecular flexibility index (Phi) is 4.70. The summed E-state index contributed by atoms with van der Waals surface area (Å²) in [5.74, 6) is 1.05. The van der Waals surface area contributed by atoms with Crippen LogP contribution in [0.4, 0.5) is 0 Å². The predicted octanol–water partition coefficient (Wildman–Crippen LogP) is 2.87. The van der Waals surface area contributed by atoms with E-state index in [0.717, 1.165) is 5.57 Å². The maximum atomic E-state index is 9.69. The number of pyridine rings is 1. The Labute approximate surface area is 118 Å². The van der Waals surface area contributed by atoms with Crippen LogP contribution in [0.5, 0.6) is 5.88 Å².